The van der Waals surface area contributed by atoms with Gasteiger partial charge >= 0.3 is 0 Å². The molecule has 190 valence electrons. The molecule has 6 nitrogen and oxygen atoms in total. The molecule has 1 aromatic carbocycles. The van der Waals surface area contributed by atoms with E-state index in [9.17, 15) is 23.2 Å². The summed E-state index contributed by atoms with van der Waals surface area (Å²) in [6.07, 6.45) is 5.80. The van der Waals surface area contributed by atoms with Crippen molar-refractivity contribution in [2.45, 2.75) is 102 Å². The van der Waals surface area contributed by atoms with E-state index in [1.54, 1.807) is 4.90 Å². The van der Waals surface area contributed by atoms with E-state index < -0.39 is 17.9 Å². The lowest BCUT2D eigenvalue weighted by molar-refractivity contribution is -0.136. The molecule has 0 radical (unpaired) electrons. The highest BCUT2D eigenvalue weighted by molar-refractivity contribution is 6.05. The molecule has 1 aromatic rings. The monoisotopic (exact) mass is 487 g/mol. The van der Waals surface area contributed by atoms with Gasteiger partial charge in [-0.1, -0.05) is 19.1 Å². The Morgan fingerprint density at radius 3 is 2.60 bits per heavy atom. The molecule has 0 bridgehead atoms. The van der Waals surface area contributed by atoms with Gasteiger partial charge in [0, 0.05) is 43.5 Å². The molecule has 4 atom stereocenters. The van der Waals surface area contributed by atoms with Gasteiger partial charge in [0.15, 0.2) is 0 Å². The SMILES string of the molecule is C[C@@H]1CC[C@H](NC2CCC(F)(F)CC2)[C@@H](Cc2ccc3c(c2)CN(C2CCC(=O)NC2=O)C3=O)C1. The number of alkyl halides is 2. The molecule has 2 aliphatic carbocycles. The normalized spacial score (nSPS) is 31.4. The lowest BCUT2D eigenvalue weighted by Gasteiger charge is -2.39. The number of amides is 3. The molecule has 3 amide bonds. The number of nitrogens with one attached hydrogen (secondary N) is 2. The fourth-order valence-corrected chi connectivity index (χ4v) is 6.51. The minimum absolute atomic E-state index is 0.0268. The van der Waals surface area contributed by atoms with Crippen molar-refractivity contribution in [3.63, 3.8) is 0 Å². The minimum atomic E-state index is -2.51. The number of carbonyl (C=O) groups excluding carboxylic acids is 3. The van der Waals surface area contributed by atoms with Gasteiger partial charge in [0.25, 0.3) is 5.91 Å². The summed E-state index contributed by atoms with van der Waals surface area (Å²) in [5.41, 5.74) is 2.73. The van der Waals surface area contributed by atoms with Gasteiger partial charge in [-0.2, -0.15) is 0 Å². The summed E-state index contributed by atoms with van der Waals surface area (Å²) in [6, 6.07) is 5.86. The fourth-order valence-electron chi connectivity index (χ4n) is 6.51. The average molecular weight is 488 g/mol. The zero-order valence-electron chi connectivity index (χ0n) is 20.3. The van der Waals surface area contributed by atoms with Crippen molar-refractivity contribution in [3.05, 3.63) is 34.9 Å². The number of carbonyl (C=O) groups is 3. The third kappa shape index (κ3) is 5.27. The van der Waals surface area contributed by atoms with Crippen LogP contribution in [0.3, 0.4) is 0 Å². The van der Waals surface area contributed by atoms with Crippen molar-refractivity contribution in [3.8, 4) is 0 Å². The fraction of sp³-hybridized carbons (Fsp3) is 0.667. The van der Waals surface area contributed by atoms with Crippen LogP contribution in [0.15, 0.2) is 18.2 Å². The molecule has 1 unspecified atom stereocenters. The summed E-state index contributed by atoms with van der Waals surface area (Å²) in [7, 11) is 0. The molecule has 5 rings (SSSR count). The molecular weight excluding hydrogens is 452 g/mol. The maximum Gasteiger partial charge on any atom is 0.255 e. The summed E-state index contributed by atoms with van der Waals surface area (Å²) in [6.45, 7) is 2.66. The third-order valence-electron chi connectivity index (χ3n) is 8.50. The maximum absolute atomic E-state index is 13.6. The number of nitrogens with zero attached hydrogens (tertiary/aromatic N) is 1. The summed E-state index contributed by atoms with van der Waals surface area (Å²) in [5, 5.41) is 6.08. The van der Waals surface area contributed by atoms with Gasteiger partial charge < -0.3 is 10.2 Å². The number of piperidine rings is 1. The molecule has 2 aliphatic heterocycles. The Hall–Kier alpha value is -2.35. The molecule has 3 fully saturated rings. The van der Waals surface area contributed by atoms with Crippen LogP contribution in [0.5, 0.6) is 0 Å². The highest BCUT2D eigenvalue weighted by atomic mass is 19.3. The first-order valence-electron chi connectivity index (χ1n) is 13.1. The van der Waals surface area contributed by atoms with Gasteiger partial charge in [-0.25, -0.2) is 8.78 Å². The highest BCUT2D eigenvalue weighted by Gasteiger charge is 2.40. The Kier molecular flexibility index (Phi) is 6.68. The van der Waals surface area contributed by atoms with Crippen molar-refractivity contribution in [1.29, 1.82) is 0 Å². The van der Waals surface area contributed by atoms with Gasteiger partial charge in [0.05, 0.1) is 0 Å². The predicted octanol–water partition coefficient (Wildman–Crippen LogP) is 3.96. The smallest absolute Gasteiger partial charge is 0.255 e. The second kappa shape index (κ2) is 9.60. The topological polar surface area (TPSA) is 78.5 Å². The Balaban J connectivity index is 1.26. The third-order valence-corrected chi connectivity index (χ3v) is 8.50. The first-order valence-corrected chi connectivity index (χ1v) is 13.1. The van der Waals surface area contributed by atoms with Crippen LogP contribution in [-0.2, 0) is 22.6 Å². The van der Waals surface area contributed by atoms with E-state index in [4.69, 9.17) is 0 Å². The van der Waals surface area contributed by atoms with Crippen molar-refractivity contribution in [2.75, 3.05) is 0 Å². The van der Waals surface area contributed by atoms with Crippen molar-refractivity contribution < 1.29 is 23.2 Å². The van der Waals surface area contributed by atoms with E-state index in [-0.39, 0.29) is 37.1 Å². The van der Waals surface area contributed by atoms with Gasteiger partial charge in [-0.05, 0) is 74.0 Å². The molecule has 2 N–H and O–H groups in total. The average Bonchev–Trinajstić information content (AvgIpc) is 3.12. The van der Waals surface area contributed by atoms with Gasteiger partial charge in [0.2, 0.25) is 17.7 Å². The number of halogens is 2. The largest absolute Gasteiger partial charge is 0.322 e. The van der Waals surface area contributed by atoms with Crippen LogP contribution < -0.4 is 10.6 Å². The summed E-state index contributed by atoms with van der Waals surface area (Å²) >= 11 is 0. The van der Waals surface area contributed by atoms with E-state index in [0.29, 0.717) is 49.2 Å². The van der Waals surface area contributed by atoms with Crippen molar-refractivity contribution >= 4 is 17.7 Å². The Bertz CT molecular complexity index is 1000. The van der Waals surface area contributed by atoms with E-state index in [1.807, 2.05) is 12.1 Å². The van der Waals surface area contributed by atoms with Crippen LogP contribution in [0.2, 0.25) is 0 Å². The Labute approximate surface area is 205 Å². The van der Waals surface area contributed by atoms with E-state index in [2.05, 4.69) is 23.6 Å². The summed E-state index contributed by atoms with van der Waals surface area (Å²) in [4.78, 5) is 38.4. The molecule has 0 spiro atoms. The zero-order valence-corrected chi connectivity index (χ0v) is 20.3. The Morgan fingerprint density at radius 1 is 1.09 bits per heavy atom. The van der Waals surface area contributed by atoms with Gasteiger partial charge in [0.1, 0.15) is 6.04 Å². The standard InChI is InChI=1S/C27H35F2N3O3/c1-16-2-5-22(30-20-8-10-27(28,29)11-9-20)18(12-16)13-17-3-4-21-19(14-17)15-32(26(21)35)23-6-7-24(33)31-25(23)34/h3-4,14,16,18,20,22-23,30H,2,5-13,15H2,1H3,(H,31,33,34)/t16-,18-,22+,23?/m1/s1. The van der Waals surface area contributed by atoms with Crippen LogP contribution in [-0.4, -0.2) is 46.7 Å². The predicted molar refractivity (Wildman–Crippen MR) is 127 cm³/mol. The van der Waals surface area contributed by atoms with Crippen LogP contribution >= 0.6 is 0 Å². The lowest BCUT2D eigenvalue weighted by Crippen LogP contribution is -2.52. The van der Waals surface area contributed by atoms with E-state index in [0.717, 1.165) is 31.2 Å². The second-order valence-corrected chi connectivity index (χ2v) is 11.2. The number of imide groups is 1. The van der Waals surface area contributed by atoms with Crippen molar-refractivity contribution in [2.24, 2.45) is 11.8 Å². The number of rotatable bonds is 5. The highest BCUT2D eigenvalue weighted by Crippen LogP contribution is 2.37. The zero-order chi connectivity index (χ0) is 24.7. The van der Waals surface area contributed by atoms with Crippen LogP contribution in [0, 0.1) is 11.8 Å². The van der Waals surface area contributed by atoms with Crippen molar-refractivity contribution in [1.82, 2.24) is 15.5 Å². The minimum Gasteiger partial charge on any atom is -0.322 e. The van der Waals surface area contributed by atoms with Crippen LogP contribution in [0.1, 0.15) is 86.2 Å². The molecule has 8 heteroatoms. The number of fused-ring (bicyclic) bond motifs is 1. The van der Waals surface area contributed by atoms with Crippen LogP contribution in [0.4, 0.5) is 8.78 Å². The lowest BCUT2D eigenvalue weighted by atomic mass is 9.75. The number of benzene rings is 1. The first kappa shape index (κ1) is 24.3. The molecule has 0 aromatic heterocycles. The molecule has 2 saturated carbocycles. The summed E-state index contributed by atoms with van der Waals surface area (Å²) in [5.74, 6) is -2.29. The van der Waals surface area contributed by atoms with E-state index >= 15 is 0 Å². The molecule has 4 aliphatic rings. The second-order valence-electron chi connectivity index (χ2n) is 11.2. The van der Waals surface area contributed by atoms with Gasteiger partial charge in [-0.15, -0.1) is 0 Å². The van der Waals surface area contributed by atoms with Crippen LogP contribution in [0.25, 0.3) is 0 Å². The maximum atomic E-state index is 13.6. The van der Waals surface area contributed by atoms with E-state index in [1.165, 1.54) is 5.56 Å². The molecule has 35 heavy (non-hydrogen) atoms. The molecule has 2 heterocycles. The number of hydrogen-bond donors (Lipinski definition) is 2. The molecule has 1 saturated heterocycles. The summed E-state index contributed by atoms with van der Waals surface area (Å²) < 4.78 is 27.2. The number of hydrogen-bond acceptors (Lipinski definition) is 4. The quantitative estimate of drug-likeness (QED) is 0.617. The Morgan fingerprint density at radius 2 is 1.86 bits per heavy atom. The molecular formula is C27H35F2N3O3. The first-order chi connectivity index (χ1) is 16.7. The van der Waals surface area contributed by atoms with Gasteiger partial charge in [-0.3, -0.25) is 19.7 Å².